The van der Waals surface area contributed by atoms with Gasteiger partial charge in [0, 0.05) is 30.6 Å². The molecule has 1 N–H and O–H groups in total. The molecule has 1 amide bonds. The number of benzene rings is 1. The SMILES string of the molecule is CC(=O)Nc1cccc(C(=O)/C=C\c2ccncc2)c1. The van der Waals surface area contributed by atoms with Crippen LogP contribution in [-0.4, -0.2) is 16.7 Å². The fraction of sp³-hybridized carbons (Fsp3) is 0.0625. The fourth-order valence-corrected chi connectivity index (χ4v) is 1.70. The minimum absolute atomic E-state index is 0.117. The van der Waals surface area contributed by atoms with E-state index in [0.717, 1.165) is 5.56 Å². The molecule has 0 unspecified atom stereocenters. The lowest BCUT2D eigenvalue weighted by Crippen LogP contribution is -2.06. The highest BCUT2D eigenvalue weighted by atomic mass is 16.1. The minimum atomic E-state index is -0.165. The number of hydrogen-bond acceptors (Lipinski definition) is 3. The first-order valence-electron chi connectivity index (χ1n) is 6.15. The van der Waals surface area contributed by atoms with Gasteiger partial charge in [-0.15, -0.1) is 0 Å². The normalized spacial score (nSPS) is 10.4. The largest absolute Gasteiger partial charge is 0.326 e. The van der Waals surface area contributed by atoms with Crippen molar-refractivity contribution in [3.8, 4) is 0 Å². The van der Waals surface area contributed by atoms with Crippen LogP contribution in [0.3, 0.4) is 0 Å². The van der Waals surface area contributed by atoms with E-state index in [9.17, 15) is 9.59 Å². The molecule has 0 atom stereocenters. The first kappa shape index (κ1) is 13.7. The molecular formula is C16H14N2O2. The monoisotopic (exact) mass is 266 g/mol. The quantitative estimate of drug-likeness (QED) is 0.683. The van der Waals surface area contributed by atoms with E-state index in [1.54, 1.807) is 42.7 Å². The number of amides is 1. The van der Waals surface area contributed by atoms with Gasteiger partial charge in [0.2, 0.25) is 5.91 Å². The molecular weight excluding hydrogens is 252 g/mol. The van der Waals surface area contributed by atoms with Crippen LogP contribution < -0.4 is 5.32 Å². The third kappa shape index (κ3) is 3.88. The van der Waals surface area contributed by atoms with Crippen molar-refractivity contribution in [3.05, 3.63) is 66.0 Å². The van der Waals surface area contributed by atoms with Gasteiger partial charge in [-0.1, -0.05) is 18.2 Å². The number of hydrogen-bond donors (Lipinski definition) is 1. The third-order valence-electron chi connectivity index (χ3n) is 2.60. The van der Waals surface area contributed by atoms with E-state index in [1.807, 2.05) is 12.1 Å². The molecule has 0 aliphatic rings. The van der Waals surface area contributed by atoms with Crippen molar-refractivity contribution in [2.75, 3.05) is 5.32 Å². The summed E-state index contributed by atoms with van der Waals surface area (Å²) in [5.74, 6) is -0.282. The molecule has 0 aliphatic carbocycles. The highest BCUT2D eigenvalue weighted by molar-refractivity contribution is 6.07. The second-order valence-corrected chi connectivity index (χ2v) is 4.24. The highest BCUT2D eigenvalue weighted by Crippen LogP contribution is 2.12. The standard InChI is InChI=1S/C16H14N2O2/c1-12(19)18-15-4-2-3-14(11-15)16(20)6-5-13-7-9-17-10-8-13/h2-11H,1H3,(H,18,19)/b6-5-. The van der Waals surface area contributed by atoms with Gasteiger partial charge < -0.3 is 5.32 Å². The topological polar surface area (TPSA) is 59.1 Å². The van der Waals surface area contributed by atoms with E-state index in [2.05, 4.69) is 10.3 Å². The van der Waals surface area contributed by atoms with Crippen molar-refractivity contribution in [2.45, 2.75) is 6.92 Å². The lowest BCUT2D eigenvalue weighted by atomic mass is 10.1. The number of pyridine rings is 1. The molecule has 0 radical (unpaired) electrons. The number of carbonyl (C=O) groups is 2. The van der Waals surface area contributed by atoms with Crippen LogP contribution >= 0.6 is 0 Å². The van der Waals surface area contributed by atoms with Crippen molar-refractivity contribution in [1.29, 1.82) is 0 Å². The Hall–Kier alpha value is -2.75. The van der Waals surface area contributed by atoms with Crippen molar-refractivity contribution in [1.82, 2.24) is 4.98 Å². The van der Waals surface area contributed by atoms with Gasteiger partial charge in [0.05, 0.1) is 0 Å². The van der Waals surface area contributed by atoms with Crippen LogP contribution in [-0.2, 0) is 4.79 Å². The lowest BCUT2D eigenvalue weighted by molar-refractivity contribution is -0.114. The summed E-state index contributed by atoms with van der Waals surface area (Å²) in [5.41, 5.74) is 2.05. The van der Waals surface area contributed by atoms with Gasteiger partial charge in [-0.05, 0) is 35.9 Å². The van der Waals surface area contributed by atoms with Gasteiger partial charge in [-0.3, -0.25) is 14.6 Å². The highest BCUT2D eigenvalue weighted by Gasteiger charge is 2.03. The van der Waals surface area contributed by atoms with Crippen molar-refractivity contribution in [2.24, 2.45) is 0 Å². The van der Waals surface area contributed by atoms with E-state index < -0.39 is 0 Å². The van der Waals surface area contributed by atoms with Crippen LogP contribution in [0.25, 0.3) is 6.08 Å². The van der Waals surface area contributed by atoms with Crippen molar-refractivity contribution >= 4 is 23.5 Å². The summed E-state index contributed by atoms with van der Waals surface area (Å²) in [6.45, 7) is 1.43. The first-order chi connectivity index (χ1) is 9.65. The molecule has 20 heavy (non-hydrogen) atoms. The summed E-state index contributed by atoms with van der Waals surface area (Å²) < 4.78 is 0. The summed E-state index contributed by atoms with van der Waals surface area (Å²) in [6.07, 6.45) is 6.57. The summed E-state index contributed by atoms with van der Waals surface area (Å²) in [4.78, 5) is 26.9. The second-order valence-electron chi connectivity index (χ2n) is 4.24. The fourth-order valence-electron chi connectivity index (χ4n) is 1.70. The zero-order chi connectivity index (χ0) is 14.4. The maximum atomic E-state index is 12.0. The molecule has 100 valence electrons. The van der Waals surface area contributed by atoms with Crippen LogP contribution in [0.2, 0.25) is 0 Å². The summed E-state index contributed by atoms with van der Waals surface area (Å²) in [7, 11) is 0. The number of carbonyl (C=O) groups excluding carboxylic acids is 2. The van der Waals surface area contributed by atoms with Crippen LogP contribution in [0.1, 0.15) is 22.8 Å². The number of nitrogens with one attached hydrogen (secondary N) is 1. The van der Waals surface area contributed by atoms with Gasteiger partial charge in [-0.2, -0.15) is 0 Å². The Labute approximate surface area is 117 Å². The Bertz CT molecular complexity index is 649. The molecule has 0 spiro atoms. The minimum Gasteiger partial charge on any atom is -0.326 e. The Morgan fingerprint density at radius 1 is 1.15 bits per heavy atom. The zero-order valence-electron chi connectivity index (χ0n) is 11.0. The molecule has 0 fully saturated rings. The molecule has 4 nitrogen and oxygen atoms in total. The molecule has 2 rings (SSSR count). The van der Waals surface area contributed by atoms with Gasteiger partial charge >= 0.3 is 0 Å². The number of anilines is 1. The lowest BCUT2D eigenvalue weighted by Gasteiger charge is -2.03. The van der Waals surface area contributed by atoms with E-state index in [1.165, 1.54) is 13.0 Å². The van der Waals surface area contributed by atoms with Crippen LogP contribution in [0, 0.1) is 0 Å². The van der Waals surface area contributed by atoms with E-state index in [0.29, 0.717) is 11.3 Å². The molecule has 1 aromatic carbocycles. The molecule has 0 bridgehead atoms. The number of allylic oxidation sites excluding steroid dienone is 1. The number of rotatable bonds is 4. The smallest absolute Gasteiger partial charge is 0.221 e. The summed E-state index contributed by atoms with van der Waals surface area (Å²) >= 11 is 0. The predicted octanol–water partition coefficient (Wildman–Crippen LogP) is 2.94. The molecule has 4 heteroatoms. The average Bonchev–Trinajstić information content (AvgIpc) is 2.45. The van der Waals surface area contributed by atoms with Crippen molar-refractivity contribution in [3.63, 3.8) is 0 Å². The molecule has 1 aromatic heterocycles. The third-order valence-corrected chi connectivity index (χ3v) is 2.60. The van der Waals surface area contributed by atoms with Crippen molar-refractivity contribution < 1.29 is 9.59 Å². The molecule has 1 heterocycles. The molecule has 0 saturated carbocycles. The van der Waals surface area contributed by atoms with Gasteiger partial charge in [0.15, 0.2) is 5.78 Å². The maximum absolute atomic E-state index is 12.0. The zero-order valence-corrected chi connectivity index (χ0v) is 11.0. The second kappa shape index (κ2) is 6.43. The van der Waals surface area contributed by atoms with Crippen LogP contribution in [0.4, 0.5) is 5.69 Å². The number of ketones is 1. The Morgan fingerprint density at radius 2 is 1.90 bits per heavy atom. The summed E-state index contributed by atoms with van der Waals surface area (Å²) in [5, 5.41) is 2.65. The summed E-state index contributed by atoms with van der Waals surface area (Å²) in [6, 6.07) is 10.5. The average molecular weight is 266 g/mol. The Morgan fingerprint density at radius 3 is 2.60 bits per heavy atom. The van der Waals surface area contributed by atoms with Gasteiger partial charge in [-0.25, -0.2) is 0 Å². The van der Waals surface area contributed by atoms with Gasteiger partial charge in [0.1, 0.15) is 0 Å². The van der Waals surface area contributed by atoms with Crippen LogP contribution in [0.5, 0.6) is 0 Å². The molecule has 2 aromatic rings. The van der Waals surface area contributed by atoms with E-state index in [-0.39, 0.29) is 11.7 Å². The Balaban J connectivity index is 2.13. The van der Waals surface area contributed by atoms with Crippen LogP contribution in [0.15, 0.2) is 54.9 Å². The number of aromatic nitrogens is 1. The predicted molar refractivity (Wildman–Crippen MR) is 78.3 cm³/mol. The van der Waals surface area contributed by atoms with Gasteiger partial charge in [0.25, 0.3) is 0 Å². The van der Waals surface area contributed by atoms with E-state index in [4.69, 9.17) is 0 Å². The molecule has 0 aliphatic heterocycles. The maximum Gasteiger partial charge on any atom is 0.221 e. The first-order valence-corrected chi connectivity index (χ1v) is 6.15. The number of nitrogens with zero attached hydrogens (tertiary/aromatic N) is 1. The molecule has 0 saturated heterocycles. The van der Waals surface area contributed by atoms with E-state index >= 15 is 0 Å². The Kier molecular flexibility index (Phi) is 4.39.